The van der Waals surface area contributed by atoms with Crippen LogP contribution in [0.15, 0.2) is 24.3 Å². The van der Waals surface area contributed by atoms with E-state index in [-0.39, 0.29) is 50.4 Å². The summed E-state index contributed by atoms with van der Waals surface area (Å²) in [4.78, 5) is 24.2. The fourth-order valence-corrected chi connectivity index (χ4v) is 3.43. The Morgan fingerprint density at radius 2 is 1.81 bits per heavy atom. The van der Waals surface area contributed by atoms with Gasteiger partial charge in [-0.3, -0.25) is 14.3 Å². The molecule has 11 heteroatoms. The Morgan fingerprint density at radius 1 is 1.10 bits per heavy atom. The average Bonchev–Trinajstić information content (AvgIpc) is 2.68. The highest BCUT2D eigenvalue weighted by molar-refractivity contribution is 6.30. The Labute approximate surface area is 182 Å². The van der Waals surface area contributed by atoms with Crippen molar-refractivity contribution in [2.24, 2.45) is 0 Å². The van der Waals surface area contributed by atoms with Gasteiger partial charge in [0.1, 0.15) is 18.5 Å². The number of amides is 1. The van der Waals surface area contributed by atoms with Crippen molar-refractivity contribution < 1.29 is 41.7 Å². The van der Waals surface area contributed by atoms with Crippen LogP contribution in [-0.2, 0) is 23.8 Å². The predicted octanol–water partition coefficient (Wildman–Crippen LogP) is 3.04. The van der Waals surface area contributed by atoms with Gasteiger partial charge in [-0.25, -0.2) is 0 Å². The Bertz CT molecular complexity index is 746. The molecule has 0 aromatic heterocycles. The molecule has 0 bridgehead atoms. The van der Waals surface area contributed by atoms with Gasteiger partial charge >= 0.3 is 6.36 Å². The first-order valence-corrected chi connectivity index (χ1v) is 10.2. The van der Waals surface area contributed by atoms with Crippen molar-refractivity contribution in [3.8, 4) is 5.75 Å². The van der Waals surface area contributed by atoms with E-state index >= 15 is 0 Å². The number of hydrogen-bond acceptors (Lipinski definition) is 6. The quantitative estimate of drug-likeness (QED) is 0.603. The van der Waals surface area contributed by atoms with E-state index in [9.17, 15) is 22.8 Å². The third kappa shape index (κ3) is 7.95. The summed E-state index contributed by atoms with van der Waals surface area (Å²) < 4.78 is 56.4. The Morgan fingerprint density at radius 3 is 2.42 bits per heavy atom. The molecular weight excluding hydrogens is 443 g/mol. The van der Waals surface area contributed by atoms with E-state index in [4.69, 9.17) is 25.8 Å². The van der Waals surface area contributed by atoms with Crippen molar-refractivity contribution in [2.45, 2.75) is 56.4 Å². The number of ether oxygens (including phenoxy) is 4. The van der Waals surface area contributed by atoms with Crippen molar-refractivity contribution in [1.82, 2.24) is 5.32 Å². The zero-order valence-electron chi connectivity index (χ0n) is 16.5. The molecule has 1 aromatic carbocycles. The lowest BCUT2D eigenvalue weighted by molar-refractivity contribution is -0.357. The van der Waals surface area contributed by atoms with Crippen LogP contribution < -0.4 is 10.1 Å². The van der Waals surface area contributed by atoms with Gasteiger partial charge in [-0.1, -0.05) is 11.6 Å². The molecule has 1 saturated carbocycles. The topological polar surface area (TPSA) is 83.1 Å². The van der Waals surface area contributed by atoms with Gasteiger partial charge in [0, 0.05) is 17.9 Å². The van der Waals surface area contributed by atoms with Gasteiger partial charge in [0.2, 0.25) is 0 Å². The van der Waals surface area contributed by atoms with Crippen LogP contribution in [-0.4, -0.2) is 62.2 Å². The molecule has 31 heavy (non-hydrogen) atoms. The number of carbonyl (C=O) groups excluding carboxylic acids is 2. The molecule has 7 nitrogen and oxygen atoms in total. The van der Waals surface area contributed by atoms with Crippen LogP contribution >= 0.6 is 11.6 Å². The molecule has 0 radical (unpaired) electrons. The van der Waals surface area contributed by atoms with Crippen molar-refractivity contribution in [2.75, 3.05) is 19.8 Å². The number of rotatable bonds is 9. The molecule has 1 aliphatic heterocycles. The van der Waals surface area contributed by atoms with E-state index in [0.29, 0.717) is 23.6 Å². The Kier molecular flexibility index (Phi) is 8.15. The highest BCUT2D eigenvalue weighted by atomic mass is 35.5. The molecule has 1 saturated heterocycles. The number of hydrogen-bond donors (Lipinski definition) is 1. The van der Waals surface area contributed by atoms with Crippen LogP contribution in [0.25, 0.3) is 0 Å². The van der Waals surface area contributed by atoms with E-state index in [0.717, 1.165) is 0 Å². The second kappa shape index (κ2) is 10.6. The number of alkyl halides is 3. The number of Topliss-reactive ketones (excluding diaryl/α,β-unsaturated/α-hetero) is 1. The van der Waals surface area contributed by atoms with Crippen LogP contribution in [0.2, 0.25) is 5.02 Å². The minimum absolute atomic E-state index is 0.102. The van der Waals surface area contributed by atoms with Gasteiger partial charge in [-0.15, -0.1) is 13.2 Å². The third-order valence-electron chi connectivity index (χ3n) is 5.00. The molecule has 1 heterocycles. The van der Waals surface area contributed by atoms with E-state index < -0.39 is 24.7 Å². The summed E-state index contributed by atoms with van der Waals surface area (Å²) in [6.45, 7) is -0.206. The monoisotopic (exact) mass is 465 g/mol. The molecule has 2 atom stereocenters. The molecule has 0 spiro atoms. The van der Waals surface area contributed by atoms with Gasteiger partial charge in [0.25, 0.3) is 5.91 Å². The standard InChI is InChI=1S/C20H23ClF3NO6/c21-12-1-4-14(5-2-12)29-11-19(27)25-13-3-6-18(30-9-13)17(26)10-28-15-7-16(8-15)31-20(22,23)24/h1-2,4-5,13,15-16,18H,3,6-11H2,(H,25,27)/t13-,15?,16?,18+/m1/s1. The van der Waals surface area contributed by atoms with Crippen LogP contribution in [0, 0.1) is 0 Å². The summed E-state index contributed by atoms with van der Waals surface area (Å²) in [5.41, 5.74) is 0. The highest BCUT2D eigenvalue weighted by Gasteiger charge is 2.41. The molecule has 0 unspecified atom stereocenters. The third-order valence-corrected chi connectivity index (χ3v) is 5.25. The molecule has 3 rings (SSSR count). The number of nitrogens with one attached hydrogen (secondary N) is 1. The summed E-state index contributed by atoms with van der Waals surface area (Å²) in [7, 11) is 0. The van der Waals surface area contributed by atoms with E-state index in [2.05, 4.69) is 10.1 Å². The van der Waals surface area contributed by atoms with E-state index in [1.807, 2.05) is 0 Å². The highest BCUT2D eigenvalue weighted by Crippen LogP contribution is 2.32. The minimum atomic E-state index is -4.66. The van der Waals surface area contributed by atoms with Gasteiger partial charge in [-0.05, 0) is 37.1 Å². The van der Waals surface area contributed by atoms with Crippen LogP contribution in [0.5, 0.6) is 5.75 Å². The zero-order valence-corrected chi connectivity index (χ0v) is 17.3. The number of benzene rings is 1. The summed E-state index contributed by atoms with van der Waals surface area (Å²) in [5, 5.41) is 3.36. The minimum Gasteiger partial charge on any atom is -0.484 e. The molecule has 172 valence electrons. The largest absolute Gasteiger partial charge is 0.522 e. The fourth-order valence-electron chi connectivity index (χ4n) is 3.30. The van der Waals surface area contributed by atoms with Gasteiger partial charge in [0.15, 0.2) is 12.4 Å². The maximum atomic E-state index is 12.2. The van der Waals surface area contributed by atoms with E-state index in [1.165, 1.54) is 0 Å². The first kappa shape index (κ1) is 23.8. The van der Waals surface area contributed by atoms with Gasteiger partial charge in [-0.2, -0.15) is 0 Å². The lowest BCUT2D eigenvalue weighted by atomic mass is 9.92. The molecular formula is C20H23ClF3NO6. The molecule has 1 N–H and O–H groups in total. The lowest BCUT2D eigenvalue weighted by Crippen LogP contribution is -2.47. The number of carbonyl (C=O) groups is 2. The summed E-state index contributed by atoms with van der Waals surface area (Å²) in [6.07, 6.45) is -5.49. The summed E-state index contributed by atoms with van der Waals surface area (Å²) in [5.74, 6) is -0.0545. The Hall–Kier alpha value is -1.88. The molecule has 2 aliphatic rings. The summed E-state index contributed by atoms with van der Waals surface area (Å²) in [6, 6.07) is 6.39. The second-order valence-electron chi connectivity index (χ2n) is 7.46. The van der Waals surface area contributed by atoms with Crippen molar-refractivity contribution in [3.63, 3.8) is 0 Å². The van der Waals surface area contributed by atoms with Crippen molar-refractivity contribution >= 4 is 23.3 Å². The van der Waals surface area contributed by atoms with Crippen LogP contribution in [0.1, 0.15) is 25.7 Å². The molecule has 1 aromatic rings. The first-order valence-electron chi connectivity index (χ1n) is 9.86. The number of halogens is 4. The number of ketones is 1. The SMILES string of the molecule is O=C(COc1ccc(Cl)cc1)N[C@@H]1CC[C@@H](C(=O)COC2CC(OC(F)(F)F)C2)OC1. The first-order chi connectivity index (χ1) is 14.7. The summed E-state index contributed by atoms with van der Waals surface area (Å²) >= 11 is 5.79. The maximum absolute atomic E-state index is 12.2. The molecule has 2 fully saturated rings. The lowest BCUT2D eigenvalue weighted by Gasteiger charge is -2.35. The zero-order chi connectivity index (χ0) is 22.4. The van der Waals surface area contributed by atoms with Gasteiger partial charge in [0.05, 0.1) is 24.9 Å². The van der Waals surface area contributed by atoms with Crippen molar-refractivity contribution in [1.29, 1.82) is 0 Å². The second-order valence-corrected chi connectivity index (χ2v) is 7.90. The van der Waals surface area contributed by atoms with Crippen LogP contribution in [0.3, 0.4) is 0 Å². The van der Waals surface area contributed by atoms with Crippen LogP contribution in [0.4, 0.5) is 13.2 Å². The smallest absolute Gasteiger partial charge is 0.484 e. The predicted molar refractivity (Wildman–Crippen MR) is 103 cm³/mol. The van der Waals surface area contributed by atoms with E-state index in [1.54, 1.807) is 24.3 Å². The average molecular weight is 466 g/mol. The molecule has 1 amide bonds. The maximum Gasteiger partial charge on any atom is 0.522 e. The normalized spacial score (nSPS) is 26.1. The fraction of sp³-hybridized carbons (Fsp3) is 0.600. The van der Waals surface area contributed by atoms with Gasteiger partial charge < -0.3 is 19.5 Å². The Balaban J connectivity index is 1.27. The van der Waals surface area contributed by atoms with Crippen molar-refractivity contribution in [3.05, 3.63) is 29.3 Å². The molecule has 1 aliphatic carbocycles.